The van der Waals surface area contributed by atoms with E-state index in [1.165, 1.54) is 0 Å². The maximum atomic E-state index is 10.6. The highest BCUT2D eigenvalue weighted by Crippen LogP contribution is 2.13. The first-order valence-corrected chi connectivity index (χ1v) is 7.11. The molecule has 78 valence electrons. The lowest BCUT2D eigenvalue weighted by atomic mass is 10.1. The number of carboxylic acid groups (broad SMARTS) is 1. The fourth-order valence-corrected chi connectivity index (χ4v) is 1.78. The summed E-state index contributed by atoms with van der Waals surface area (Å²) in [6, 6.07) is -0.390. The van der Waals surface area contributed by atoms with Gasteiger partial charge in [0.1, 0.15) is 6.04 Å². The van der Waals surface area contributed by atoms with Crippen LogP contribution in [0.25, 0.3) is 0 Å². The first-order valence-electron chi connectivity index (χ1n) is 4.31. The Balaban J connectivity index is 3.33. The van der Waals surface area contributed by atoms with Crippen molar-refractivity contribution < 1.29 is 9.90 Å². The molecule has 0 radical (unpaired) electrons. The number of likely N-dealkylation sites (N-methyl/N-ethyl adjacent to an activating group) is 1. The second kappa shape index (κ2) is 8.83. The summed E-state index contributed by atoms with van der Waals surface area (Å²) in [4.78, 5) is 10.6. The molecular weight excluding hydrogens is 206 g/mol. The molecule has 0 saturated heterocycles. The summed E-state index contributed by atoms with van der Waals surface area (Å²) in [7, 11) is 4.99. The van der Waals surface area contributed by atoms with Crippen molar-refractivity contribution in [1.82, 2.24) is 10.4 Å². The minimum Gasteiger partial charge on any atom is -0.480 e. The first kappa shape index (κ1) is 13.2. The van der Waals surface area contributed by atoms with E-state index in [2.05, 4.69) is 19.3 Å². The summed E-state index contributed by atoms with van der Waals surface area (Å²) in [5.41, 5.74) is 0. The third kappa shape index (κ3) is 7.33. The molecule has 0 bridgehead atoms. The molecule has 0 rings (SSSR count). The summed E-state index contributed by atoms with van der Waals surface area (Å²) in [6.45, 7) is 0.970. The van der Waals surface area contributed by atoms with Gasteiger partial charge in [0.2, 0.25) is 0 Å². The summed E-state index contributed by atoms with van der Waals surface area (Å²) in [5.74, 6) is -0.761. The Morgan fingerprint density at radius 2 is 2.31 bits per heavy atom. The first-order chi connectivity index (χ1) is 6.22. The van der Waals surface area contributed by atoms with Gasteiger partial charge in [0, 0.05) is 0 Å². The second-order valence-electron chi connectivity index (χ2n) is 2.75. The van der Waals surface area contributed by atoms with E-state index < -0.39 is 12.0 Å². The molecule has 0 aromatic heterocycles. The van der Waals surface area contributed by atoms with Crippen LogP contribution in [0.1, 0.15) is 19.3 Å². The van der Waals surface area contributed by atoms with Gasteiger partial charge in [-0.15, -0.1) is 0 Å². The average Bonchev–Trinajstić information content (AvgIpc) is 2.10. The van der Waals surface area contributed by atoms with Gasteiger partial charge >= 0.3 is 5.97 Å². The van der Waals surface area contributed by atoms with E-state index in [4.69, 9.17) is 5.11 Å². The molecule has 0 amide bonds. The Bertz CT molecular complexity index is 146. The Morgan fingerprint density at radius 3 is 2.77 bits per heavy atom. The van der Waals surface area contributed by atoms with Crippen LogP contribution < -0.4 is 10.4 Å². The Labute approximate surface area is 83.2 Å². The van der Waals surface area contributed by atoms with Gasteiger partial charge in [0.25, 0.3) is 0 Å². The predicted octanol–water partition coefficient (Wildman–Crippen LogP) is 0.802. The number of carbonyl (C=O) groups is 1. The van der Waals surface area contributed by atoms with Crippen LogP contribution in [0.2, 0.25) is 0 Å². The topological polar surface area (TPSA) is 61.4 Å². The highest BCUT2D eigenvalue weighted by Gasteiger charge is 2.12. The van der Waals surface area contributed by atoms with Gasteiger partial charge in [0.05, 0.1) is 0 Å². The van der Waals surface area contributed by atoms with E-state index in [1.807, 2.05) is 0 Å². The molecule has 0 aliphatic heterocycles. The van der Waals surface area contributed by atoms with Crippen molar-refractivity contribution in [3.63, 3.8) is 0 Å². The zero-order valence-corrected chi connectivity index (χ0v) is 9.99. The van der Waals surface area contributed by atoms with E-state index in [0.29, 0.717) is 14.8 Å². The molecule has 0 heterocycles. The van der Waals surface area contributed by atoms with Crippen LogP contribution in [0.15, 0.2) is 0 Å². The third-order valence-electron chi connectivity index (χ3n) is 1.79. The fraction of sp³-hybridized carbons (Fsp3) is 0.857. The van der Waals surface area contributed by atoms with Gasteiger partial charge in [-0.05, 0) is 34.9 Å². The standard InChI is InChI=1S/C7H18N2O2P2/c1-8-6(7(10)11)4-2-3-5-9-13-12/h6,8-9,13H,2-5,12H2,1H3,(H,10,11)/t6-/m0/s1. The maximum absolute atomic E-state index is 10.6. The average molecular weight is 224 g/mol. The van der Waals surface area contributed by atoms with Crippen LogP contribution in [0.5, 0.6) is 0 Å². The van der Waals surface area contributed by atoms with Crippen molar-refractivity contribution >= 4 is 23.3 Å². The molecule has 0 fully saturated rings. The number of hydrogen-bond donors (Lipinski definition) is 3. The molecule has 0 aliphatic carbocycles. The van der Waals surface area contributed by atoms with Gasteiger partial charge in [-0.1, -0.05) is 15.3 Å². The smallest absolute Gasteiger partial charge is 0.320 e. The number of nitrogens with one attached hydrogen (secondary N) is 2. The fourth-order valence-electron chi connectivity index (χ4n) is 1.03. The van der Waals surface area contributed by atoms with Crippen LogP contribution in [0, 0.1) is 0 Å². The van der Waals surface area contributed by atoms with Gasteiger partial charge < -0.3 is 10.4 Å². The lowest BCUT2D eigenvalue weighted by Crippen LogP contribution is -2.33. The van der Waals surface area contributed by atoms with Crippen molar-refractivity contribution in [2.75, 3.05) is 13.6 Å². The quantitative estimate of drug-likeness (QED) is 0.421. The molecule has 13 heavy (non-hydrogen) atoms. The molecule has 4 nitrogen and oxygen atoms in total. The van der Waals surface area contributed by atoms with Crippen molar-refractivity contribution in [3.05, 3.63) is 0 Å². The molecule has 0 aliphatic rings. The van der Waals surface area contributed by atoms with Crippen molar-refractivity contribution in [1.29, 1.82) is 0 Å². The third-order valence-corrected chi connectivity index (χ3v) is 2.86. The van der Waals surface area contributed by atoms with Gasteiger partial charge in [0.15, 0.2) is 0 Å². The number of rotatable bonds is 8. The lowest BCUT2D eigenvalue weighted by Gasteiger charge is -2.10. The van der Waals surface area contributed by atoms with Crippen molar-refractivity contribution in [3.8, 4) is 0 Å². The molecule has 0 aromatic rings. The molecule has 6 heteroatoms. The van der Waals surface area contributed by atoms with E-state index in [9.17, 15) is 4.79 Å². The zero-order chi connectivity index (χ0) is 10.1. The van der Waals surface area contributed by atoms with Crippen LogP contribution in [0.3, 0.4) is 0 Å². The normalized spacial score (nSPS) is 13.7. The van der Waals surface area contributed by atoms with Crippen LogP contribution in [0.4, 0.5) is 0 Å². The monoisotopic (exact) mass is 224 g/mol. The van der Waals surface area contributed by atoms with Crippen molar-refractivity contribution in [2.45, 2.75) is 25.3 Å². The number of carboxylic acids is 1. The van der Waals surface area contributed by atoms with Crippen molar-refractivity contribution in [2.24, 2.45) is 0 Å². The SMILES string of the molecule is CN[C@@H](CCCCNPP)C(=O)O. The minimum atomic E-state index is -0.761. The van der Waals surface area contributed by atoms with Crippen LogP contribution >= 0.6 is 17.3 Å². The van der Waals surface area contributed by atoms with Crippen LogP contribution in [-0.4, -0.2) is 30.7 Å². The molecule has 0 saturated carbocycles. The second-order valence-corrected chi connectivity index (χ2v) is 4.25. The number of aliphatic carboxylic acids is 1. The lowest BCUT2D eigenvalue weighted by molar-refractivity contribution is -0.139. The maximum Gasteiger partial charge on any atom is 0.320 e. The largest absolute Gasteiger partial charge is 0.480 e. The van der Waals surface area contributed by atoms with Crippen LogP contribution in [-0.2, 0) is 4.79 Å². The number of hydrogen-bond acceptors (Lipinski definition) is 3. The summed E-state index contributed by atoms with van der Waals surface area (Å²) in [6.07, 6.45) is 2.68. The Kier molecular flexibility index (Phi) is 9.00. The highest BCUT2D eigenvalue weighted by molar-refractivity contribution is 8.01. The molecule has 3 atom stereocenters. The Morgan fingerprint density at radius 1 is 1.62 bits per heavy atom. The summed E-state index contributed by atoms with van der Waals surface area (Å²) in [5, 5.41) is 14.7. The van der Waals surface area contributed by atoms with Gasteiger partial charge in [-0.25, -0.2) is 0 Å². The number of unbranched alkanes of at least 4 members (excludes halogenated alkanes) is 1. The molecular formula is C7H18N2O2P2. The molecule has 2 unspecified atom stereocenters. The summed E-state index contributed by atoms with van der Waals surface area (Å²) < 4.78 is 0. The summed E-state index contributed by atoms with van der Waals surface area (Å²) >= 11 is 0. The highest BCUT2D eigenvalue weighted by atomic mass is 32.0. The predicted molar refractivity (Wildman–Crippen MR) is 60.4 cm³/mol. The minimum absolute atomic E-state index is 0.390. The van der Waals surface area contributed by atoms with E-state index in [1.54, 1.807) is 7.05 Å². The molecule has 0 spiro atoms. The Hall–Kier alpha value is 0.250. The van der Waals surface area contributed by atoms with Gasteiger partial charge in [-0.3, -0.25) is 9.88 Å². The van der Waals surface area contributed by atoms with Gasteiger partial charge in [-0.2, -0.15) is 0 Å². The van der Waals surface area contributed by atoms with E-state index in [0.717, 1.165) is 19.4 Å². The molecule has 3 N–H and O–H groups in total. The van der Waals surface area contributed by atoms with E-state index in [-0.39, 0.29) is 0 Å². The zero-order valence-electron chi connectivity index (χ0n) is 7.84. The molecule has 0 aromatic carbocycles. The van der Waals surface area contributed by atoms with E-state index >= 15 is 0 Å².